The first-order valence-electron chi connectivity index (χ1n) is 9.35. The molecule has 1 saturated heterocycles. The molecule has 6 nitrogen and oxygen atoms in total. The van der Waals surface area contributed by atoms with Gasteiger partial charge < -0.3 is 23.4 Å². The lowest BCUT2D eigenvalue weighted by atomic mass is 9.86. The highest BCUT2D eigenvalue weighted by atomic mass is 28.4. The second-order valence-electron chi connectivity index (χ2n) is 7.77. The molecule has 27 heavy (non-hydrogen) atoms. The fourth-order valence-corrected chi connectivity index (χ4v) is 6.17. The molecule has 1 aromatic rings. The molecule has 1 aromatic carbocycles. The molecule has 0 spiro atoms. The minimum atomic E-state index is -3.05. The monoisotopic (exact) mass is 397 g/mol. The first-order valence-corrected chi connectivity index (χ1v) is 12.3. The van der Waals surface area contributed by atoms with Gasteiger partial charge in [0, 0.05) is 36.4 Å². The maximum Gasteiger partial charge on any atom is 0.414 e. The number of aliphatic hydroxyl groups is 1. The predicted octanol–water partition coefficient (Wildman–Crippen LogP) is 3.66. The number of cyclic esters (lactones) is 1. The number of carbonyl (C=O) groups excluding carboxylic acids is 1. The number of fused-ring (bicyclic) bond motifs is 1. The van der Waals surface area contributed by atoms with Gasteiger partial charge >= 0.3 is 6.09 Å². The highest BCUT2D eigenvalue weighted by Crippen LogP contribution is 2.48. The number of hydrogen-bond acceptors (Lipinski definition) is 5. The number of methoxy groups -OCH3 is 1. The normalized spacial score (nSPS) is 26.4. The molecule has 0 aromatic heterocycles. The molecule has 1 fully saturated rings. The van der Waals surface area contributed by atoms with Crippen LogP contribution in [0.2, 0.25) is 18.6 Å². The van der Waals surface area contributed by atoms with Crippen LogP contribution in [0.4, 0.5) is 14.6 Å². The molecule has 2 aliphatic heterocycles. The number of halogens is 1. The van der Waals surface area contributed by atoms with Crippen LogP contribution in [0.3, 0.4) is 0 Å². The molecular formula is C19H28FNO5Si. The van der Waals surface area contributed by atoms with Crippen molar-refractivity contribution in [2.24, 2.45) is 5.92 Å². The summed E-state index contributed by atoms with van der Waals surface area (Å²) in [6.07, 6.45) is -0.646. The SMILES string of the molecule is CO[C@H]1c2cc(N3CCOC3=O)ccc2O[C@@H](C(CCO)[Si](C)(C)F)[C@@H]1C. The van der Waals surface area contributed by atoms with Crippen LogP contribution in [0, 0.1) is 5.92 Å². The zero-order valence-electron chi connectivity index (χ0n) is 16.3. The number of benzene rings is 1. The third-order valence-electron chi connectivity index (χ3n) is 5.60. The maximum atomic E-state index is 15.0. The number of carbonyl (C=O) groups is 1. The van der Waals surface area contributed by atoms with Crippen molar-refractivity contribution in [1.29, 1.82) is 0 Å². The van der Waals surface area contributed by atoms with E-state index in [-0.39, 0.29) is 36.4 Å². The Kier molecular flexibility index (Phi) is 5.78. The average molecular weight is 398 g/mol. The lowest BCUT2D eigenvalue weighted by molar-refractivity contribution is -0.0250. The van der Waals surface area contributed by atoms with E-state index in [2.05, 4.69) is 0 Å². The number of ether oxygens (including phenoxy) is 3. The van der Waals surface area contributed by atoms with E-state index in [0.29, 0.717) is 25.3 Å². The molecule has 150 valence electrons. The summed E-state index contributed by atoms with van der Waals surface area (Å²) in [7, 11) is -1.42. The van der Waals surface area contributed by atoms with Crippen LogP contribution in [-0.2, 0) is 9.47 Å². The van der Waals surface area contributed by atoms with Crippen molar-refractivity contribution in [3.63, 3.8) is 0 Å². The number of aliphatic hydroxyl groups excluding tert-OH is 1. The van der Waals surface area contributed by atoms with Gasteiger partial charge in [0.15, 0.2) is 0 Å². The summed E-state index contributed by atoms with van der Waals surface area (Å²) in [5, 5.41) is 9.44. The highest BCUT2D eigenvalue weighted by Gasteiger charge is 2.47. The molecule has 2 aliphatic rings. The van der Waals surface area contributed by atoms with Crippen LogP contribution in [-0.4, -0.2) is 52.6 Å². The van der Waals surface area contributed by atoms with Crippen molar-refractivity contribution in [2.75, 3.05) is 31.8 Å². The topological polar surface area (TPSA) is 68.2 Å². The molecule has 0 aliphatic carbocycles. The van der Waals surface area contributed by atoms with Gasteiger partial charge in [0.05, 0.1) is 12.6 Å². The lowest BCUT2D eigenvalue weighted by Crippen LogP contribution is -2.46. The summed E-state index contributed by atoms with van der Waals surface area (Å²) in [6, 6.07) is 5.51. The smallest absolute Gasteiger partial charge is 0.414 e. The third kappa shape index (κ3) is 3.83. The van der Waals surface area contributed by atoms with Gasteiger partial charge in [0.25, 0.3) is 0 Å². The first-order chi connectivity index (χ1) is 12.8. The molecule has 1 N–H and O–H groups in total. The van der Waals surface area contributed by atoms with E-state index in [1.54, 1.807) is 25.1 Å². The Bertz CT molecular complexity index is 695. The molecule has 1 amide bonds. The third-order valence-corrected chi connectivity index (χ3v) is 7.98. The number of nitrogens with zero attached hydrogens (tertiary/aromatic N) is 1. The minimum Gasteiger partial charge on any atom is -0.490 e. The standard InChI is InChI=1S/C19H28FNO5Si/c1-12-17(24-2)14-11-13(21-8-10-25-19(21)23)5-6-15(14)26-18(12)16(7-9-22)27(3,4)20/h5-6,11-12,16-18,22H,7-10H2,1-4H3/t12-,16?,17-,18-/m1/s1. The van der Waals surface area contributed by atoms with Crippen molar-refractivity contribution in [1.82, 2.24) is 0 Å². The van der Waals surface area contributed by atoms with Gasteiger partial charge in [0.2, 0.25) is 8.41 Å². The second-order valence-corrected chi connectivity index (χ2v) is 11.6. The summed E-state index contributed by atoms with van der Waals surface area (Å²) in [6.45, 7) is 6.11. The van der Waals surface area contributed by atoms with Crippen molar-refractivity contribution in [3.8, 4) is 5.75 Å². The van der Waals surface area contributed by atoms with Gasteiger partial charge in [-0.3, -0.25) is 4.90 Å². The van der Waals surface area contributed by atoms with Gasteiger partial charge in [-0.25, -0.2) is 4.79 Å². The first kappa shape index (κ1) is 20.1. The Morgan fingerprint density at radius 3 is 2.74 bits per heavy atom. The summed E-state index contributed by atoms with van der Waals surface area (Å²) < 4.78 is 32.0. The van der Waals surface area contributed by atoms with Gasteiger partial charge in [-0.1, -0.05) is 6.92 Å². The lowest BCUT2D eigenvalue weighted by Gasteiger charge is -2.43. The van der Waals surface area contributed by atoms with E-state index in [9.17, 15) is 14.0 Å². The molecule has 0 bridgehead atoms. The second kappa shape index (κ2) is 7.77. The molecule has 0 radical (unpaired) electrons. The van der Waals surface area contributed by atoms with E-state index >= 15 is 0 Å². The number of hydrogen-bond donors (Lipinski definition) is 1. The van der Waals surface area contributed by atoms with Crippen molar-refractivity contribution < 1.29 is 28.2 Å². The van der Waals surface area contributed by atoms with Crippen LogP contribution in [0.1, 0.15) is 25.0 Å². The predicted molar refractivity (Wildman–Crippen MR) is 103 cm³/mol. The summed E-state index contributed by atoms with van der Waals surface area (Å²) in [5.74, 6) is 0.546. The molecular weight excluding hydrogens is 369 g/mol. The maximum absolute atomic E-state index is 15.0. The summed E-state index contributed by atoms with van der Waals surface area (Å²) >= 11 is 0. The van der Waals surface area contributed by atoms with Crippen LogP contribution < -0.4 is 9.64 Å². The summed E-state index contributed by atoms with van der Waals surface area (Å²) in [5.41, 5.74) is 1.25. The van der Waals surface area contributed by atoms with Crippen LogP contribution in [0.5, 0.6) is 5.75 Å². The largest absolute Gasteiger partial charge is 0.490 e. The fraction of sp³-hybridized carbons (Fsp3) is 0.632. The van der Waals surface area contributed by atoms with Gasteiger partial charge in [-0.15, -0.1) is 0 Å². The quantitative estimate of drug-likeness (QED) is 0.586. The Hall–Kier alpha value is -1.64. The van der Waals surface area contributed by atoms with E-state index in [0.717, 1.165) is 11.3 Å². The molecule has 8 heteroatoms. The Morgan fingerprint density at radius 2 is 2.19 bits per heavy atom. The molecule has 2 heterocycles. The number of amides is 1. The Balaban J connectivity index is 1.95. The molecule has 0 saturated carbocycles. The zero-order valence-corrected chi connectivity index (χ0v) is 17.3. The summed E-state index contributed by atoms with van der Waals surface area (Å²) in [4.78, 5) is 13.4. The van der Waals surface area contributed by atoms with Gasteiger partial charge in [-0.05, 0) is 37.7 Å². The van der Waals surface area contributed by atoms with Gasteiger partial charge in [-0.2, -0.15) is 0 Å². The van der Waals surface area contributed by atoms with Crippen molar-refractivity contribution in [3.05, 3.63) is 23.8 Å². The zero-order chi connectivity index (χ0) is 19.8. The van der Waals surface area contributed by atoms with Crippen molar-refractivity contribution >= 4 is 20.2 Å². The highest BCUT2D eigenvalue weighted by molar-refractivity contribution is 6.72. The average Bonchev–Trinajstić information content (AvgIpc) is 3.04. The molecule has 1 unspecified atom stereocenters. The van der Waals surface area contributed by atoms with Crippen molar-refractivity contribution in [2.45, 2.75) is 44.2 Å². The van der Waals surface area contributed by atoms with E-state index in [1.165, 1.54) is 0 Å². The van der Waals surface area contributed by atoms with E-state index in [4.69, 9.17) is 14.2 Å². The van der Waals surface area contributed by atoms with E-state index in [1.807, 2.05) is 25.1 Å². The van der Waals surface area contributed by atoms with Gasteiger partial charge in [0.1, 0.15) is 18.5 Å². The molecule has 4 atom stereocenters. The number of anilines is 1. The Labute approximate surface area is 160 Å². The number of rotatable bonds is 6. The van der Waals surface area contributed by atoms with Crippen LogP contribution in [0.25, 0.3) is 0 Å². The molecule has 3 rings (SSSR count). The minimum absolute atomic E-state index is 0.0713. The van der Waals surface area contributed by atoms with Crippen LogP contribution >= 0.6 is 0 Å². The Morgan fingerprint density at radius 1 is 1.44 bits per heavy atom. The van der Waals surface area contributed by atoms with Crippen LogP contribution in [0.15, 0.2) is 18.2 Å². The fourth-order valence-electron chi connectivity index (χ4n) is 4.20. The van der Waals surface area contributed by atoms with E-state index < -0.39 is 8.41 Å².